The Bertz CT molecular complexity index is 1420. The summed E-state index contributed by atoms with van der Waals surface area (Å²) >= 11 is 6.03. The third kappa shape index (κ3) is 5.63. The van der Waals surface area contributed by atoms with Gasteiger partial charge in [-0.05, 0) is 78.8 Å². The van der Waals surface area contributed by atoms with E-state index in [9.17, 15) is 18.0 Å². The van der Waals surface area contributed by atoms with E-state index in [0.717, 1.165) is 35.6 Å². The van der Waals surface area contributed by atoms with Gasteiger partial charge >= 0.3 is 0 Å². The van der Waals surface area contributed by atoms with Gasteiger partial charge < -0.3 is 9.80 Å². The van der Waals surface area contributed by atoms with Crippen molar-refractivity contribution in [2.24, 2.45) is 0 Å². The van der Waals surface area contributed by atoms with Gasteiger partial charge in [0.25, 0.3) is 0 Å². The molecule has 3 aromatic rings. The normalized spacial score (nSPS) is 20.8. The number of likely N-dealkylation sites (tertiary alicyclic amines) is 2. The minimum atomic E-state index is -3.94. The maximum atomic E-state index is 13.3. The summed E-state index contributed by atoms with van der Waals surface area (Å²) in [6.45, 7) is 0.985. The number of carbonyl (C=O) groups excluding carboxylic acids is 2. The van der Waals surface area contributed by atoms with Gasteiger partial charge in [0.1, 0.15) is 6.04 Å². The highest BCUT2D eigenvalue weighted by Crippen LogP contribution is 2.31. The van der Waals surface area contributed by atoms with Gasteiger partial charge in [0.05, 0.1) is 17.5 Å². The number of rotatable bonds is 6. The molecule has 1 N–H and O–H groups in total. The van der Waals surface area contributed by atoms with E-state index < -0.39 is 16.1 Å². The number of carbonyl (C=O) groups is 2. The molecular weight excluding hydrogens is 512 g/mol. The zero-order valence-electron chi connectivity index (χ0n) is 20.3. The molecule has 0 spiro atoms. The van der Waals surface area contributed by atoms with Crippen LogP contribution in [0.4, 0.5) is 0 Å². The van der Waals surface area contributed by atoms with Crippen molar-refractivity contribution in [3.8, 4) is 0 Å². The van der Waals surface area contributed by atoms with E-state index >= 15 is 0 Å². The van der Waals surface area contributed by atoms with E-state index in [0.29, 0.717) is 31.0 Å². The monoisotopic (exact) mass is 540 g/mol. The summed E-state index contributed by atoms with van der Waals surface area (Å²) in [5, 5.41) is 2.13. The van der Waals surface area contributed by atoms with E-state index in [4.69, 9.17) is 11.6 Å². The molecule has 2 aliphatic heterocycles. The average Bonchev–Trinajstić information content (AvgIpc) is 2.91. The standard InChI is InChI=1S/C27H29ClN4O4S/c28-22-10-8-20-16-23(11-9-19(20)15-22)37(35,36)30-24-6-4-13-31(27(24)34)18-26(33)32-14-2-1-7-25(32)21-5-3-12-29-17-21/h3,5,8-12,15-17,24-25,30H,1-2,4,6-7,13-14,18H2. The lowest BCUT2D eigenvalue weighted by Gasteiger charge is -2.38. The lowest BCUT2D eigenvalue weighted by molar-refractivity contribution is -0.145. The highest BCUT2D eigenvalue weighted by atomic mass is 35.5. The topological polar surface area (TPSA) is 99.7 Å². The number of hydrogen-bond acceptors (Lipinski definition) is 5. The van der Waals surface area contributed by atoms with Gasteiger partial charge in [0.15, 0.2) is 0 Å². The van der Waals surface area contributed by atoms with Gasteiger partial charge in [-0.2, -0.15) is 4.72 Å². The smallest absolute Gasteiger partial charge is 0.242 e. The van der Waals surface area contributed by atoms with Crippen LogP contribution in [0.3, 0.4) is 0 Å². The van der Waals surface area contributed by atoms with E-state index in [1.807, 2.05) is 17.0 Å². The van der Waals surface area contributed by atoms with E-state index in [1.54, 1.807) is 42.7 Å². The van der Waals surface area contributed by atoms with Crippen LogP contribution in [0.5, 0.6) is 0 Å². The van der Waals surface area contributed by atoms with Crippen LogP contribution in [-0.4, -0.2) is 60.7 Å². The Morgan fingerprint density at radius 2 is 1.84 bits per heavy atom. The number of pyridine rings is 1. The Morgan fingerprint density at radius 3 is 2.65 bits per heavy atom. The number of halogens is 1. The lowest BCUT2D eigenvalue weighted by Crippen LogP contribution is -2.55. The molecule has 2 fully saturated rings. The van der Waals surface area contributed by atoms with Crippen LogP contribution < -0.4 is 4.72 Å². The quantitative estimate of drug-likeness (QED) is 0.511. The summed E-state index contributed by atoms with van der Waals surface area (Å²) in [7, 11) is -3.94. The second-order valence-electron chi connectivity index (χ2n) is 9.61. The van der Waals surface area contributed by atoms with Crippen molar-refractivity contribution in [2.75, 3.05) is 19.6 Å². The first-order valence-electron chi connectivity index (χ1n) is 12.5. The number of piperidine rings is 2. The average molecular weight is 541 g/mol. The SMILES string of the molecule is O=C1C(NS(=O)(=O)c2ccc3cc(Cl)ccc3c2)CCCN1CC(=O)N1CCCCC1c1cccnc1. The van der Waals surface area contributed by atoms with Crippen LogP contribution in [-0.2, 0) is 19.6 Å². The fourth-order valence-corrected chi connectivity index (χ4v) is 6.67. The van der Waals surface area contributed by atoms with Gasteiger partial charge in [0, 0.05) is 30.5 Å². The molecule has 2 amide bonds. The number of benzene rings is 2. The molecule has 0 aliphatic carbocycles. The van der Waals surface area contributed by atoms with Crippen molar-refractivity contribution in [1.29, 1.82) is 0 Å². The first-order valence-corrected chi connectivity index (χ1v) is 14.4. The highest BCUT2D eigenvalue weighted by Gasteiger charge is 2.35. The van der Waals surface area contributed by atoms with Crippen LogP contribution in [0.1, 0.15) is 43.7 Å². The molecule has 1 aromatic heterocycles. The first kappa shape index (κ1) is 25.6. The third-order valence-corrected chi connectivity index (χ3v) is 8.83. The van der Waals surface area contributed by atoms with Crippen LogP contribution in [0, 0.1) is 0 Å². The number of nitrogens with one attached hydrogen (secondary N) is 1. The molecule has 0 radical (unpaired) electrons. The van der Waals surface area contributed by atoms with Gasteiger partial charge in [-0.3, -0.25) is 14.6 Å². The van der Waals surface area contributed by atoms with Crippen molar-refractivity contribution in [3.63, 3.8) is 0 Å². The maximum Gasteiger partial charge on any atom is 0.242 e. The predicted molar refractivity (Wildman–Crippen MR) is 141 cm³/mol. The Labute approximate surface area is 221 Å². The zero-order chi connectivity index (χ0) is 26.0. The molecule has 2 atom stereocenters. The molecule has 2 aliphatic rings. The molecule has 2 unspecified atom stereocenters. The van der Waals surface area contributed by atoms with Gasteiger partial charge in [-0.15, -0.1) is 0 Å². The zero-order valence-corrected chi connectivity index (χ0v) is 21.9. The summed E-state index contributed by atoms with van der Waals surface area (Å²) < 4.78 is 28.9. The van der Waals surface area contributed by atoms with Crippen LogP contribution in [0.25, 0.3) is 10.8 Å². The summed E-state index contributed by atoms with van der Waals surface area (Å²) in [6, 6.07) is 12.9. The summed E-state index contributed by atoms with van der Waals surface area (Å²) in [5.74, 6) is -0.496. The van der Waals surface area contributed by atoms with Gasteiger partial charge in [-0.1, -0.05) is 29.8 Å². The molecule has 37 heavy (non-hydrogen) atoms. The molecule has 5 rings (SSSR count). The molecule has 2 aromatic carbocycles. The molecule has 0 saturated carbocycles. The molecule has 194 valence electrons. The second kappa shape index (κ2) is 10.8. The minimum absolute atomic E-state index is 0.0630. The number of fused-ring (bicyclic) bond motifs is 1. The third-order valence-electron chi connectivity index (χ3n) is 7.13. The molecule has 10 heteroatoms. The molecule has 2 saturated heterocycles. The van der Waals surface area contributed by atoms with Crippen molar-refractivity contribution in [3.05, 3.63) is 71.5 Å². The van der Waals surface area contributed by atoms with Gasteiger partial charge in [-0.25, -0.2) is 8.42 Å². The highest BCUT2D eigenvalue weighted by molar-refractivity contribution is 7.89. The summed E-state index contributed by atoms with van der Waals surface area (Å²) in [5.41, 5.74) is 0.990. The second-order valence-corrected chi connectivity index (χ2v) is 11.8. The van der Waals surface area contributed by atoms with Crippen LogP contribution in [0.15, 0.2) is 65.8 Å². The minimum Gasteiger partial charge on any atom is -0.334 e. The number of aromatic nitrogens is 1. The molecule has 3 heterocycles. The largest absolute Gasteiger partial charge is 0.334 e. The van der Waals surface area contributed by atoms with Crippen molar-refractivity contribution < 1.29 is 18.0 Å². The summed E-state index contributed by atoms with van der Waals surface area (Å²) in [6.07, 6.45) is 7.27. The number of sulfonamides is 1. The number of nitrogens with zero attached hydrogens (tertiary/aromatic N) is 3. The van der Waals surface area contributed by atoms with E-state index in [-0.39, 0.29) is 29.3 Å². The molecular formula is C27H29ClN4O4S. The van der Waals surface area contributed by atoms with Crippen LogP contribution >= 0.6 is 11.6 Å². The predicted octanol–water partition coefficient (Wildman–Crippen LogP) is 3.91. The maximum absolute atomic E-state index is 13.3. The fraction of sp³-hybridized carbons (Fsp3) is 0.370. The van der Waals surface area contributed by atoms with Gasteiger partial charge in [0.2, 0.25) is 21.8 Å². The van der Waals surface area contributed by atoms with Crippen molar-refractivity contribution in [2.45, 2.75) is 49.1 Å². The lowest BCUT2D eigenvalue weighted by atomic mass is 9.96. The number of hydrogen-bond donors (Lipinski definition) is 1. The fourth-order valence-electron chi connectivity index (χ4n) is 5.23. The Hall–Kier alpha value is -3.01. The summed E-state index contributed by atoms with van der Waals surface area (Å²) in [4.78, 5) is 34.2. The van der Waals surface area contributed by atoms with Crippen LogP contribution in [0.2, 0.25) is 5.02 Å². The number of amides is 2. The molecule has 8 nitrogen and oxygen atoms in total. The molecule has 0 bridgehead atoms. The van der Waals surface area contributed by atoms with E-state index in [2.05, 4.69) is 9.71 Å². The Morgan fingerprint density at radius 1 is 1.03 bits per heavy atom. The first-order chi connectivity index (χ1) is 17.8. The van der Waals surface area contributed by atoms with Crippen molar-refractivity contribution in [1.82, 2.24) is 19.5 Å². The Balaban J connectivity index is 1.28. The Kier molecular flexibility index (Phi) is 7.46. The van der Waals surface area contributed by atoms with E-state index in [1.165, 1.54) is 11.0 Å². The van der Waals surface area contributed by atoms with Crippen molar-refractivity contribution >= 4 is 44.2 Å².